The zero-order valence-corrected chi connectivity index (χ0v) is 14.8. The summed E-state index contributed by atoms with van der Waals surface area (Å²) in [6.07, 6.45) is 1.49. The van der Waals surface area contributed by atoms with Gasteiger partial charge in [0.25, 0.3) is 11.6 Å². The van der Waals surface area contributed by atoms with Crippen molar-refractivity contribution in [2.75, 3.05) is 5.32 Å². The van der Waals surface area contributed by atoms with Crippen LogP contribution in [0.15, 0.2) is 54.1 Å². The molecule has 0 bridgehead atoms. The maximum absolute atomic E-state index is 12.3. The second kappa shape index (κ2) is 7.62. The van der Waals surface area contributed by atoms with Crippen LogP contribution in [0, 0.1) is 21.4 Å². The molecule has 0 unspecified atom stereocenters. The molecule has 6 nitrogen and oxygen atoms in total. The average Bonchev–Trinajstić information content (AvgIpc) is 2.59. The molecule has 0 aliphatic carbocycles. The van der Waals surface area contributed by atoms with E-state index in [1.807, 2.05) is 30.3 Å². The van der Waals surface area contributed by atoms with Crippen molar-refractivity contribution in [3.63, 3.8) is 0 Å². The number of nitro groups is 1. The number of nitrogens with zero attached hydrogens (tertiary/aromatic N) is 2. The van der Waals surface area contributed by atoms with Crippen molar-refractivity contribution < 1.29 is 9.72 Å². The van der Waals surface area contributed by atoms with Crippen LogP contribution in [-0.4, -0.2) is 10.8 Å². The van der Waals surface area contributed by atoms with Gasteiger partial charge >= 0.3 is 0 Å². The lowest BCUT2D eigenvalue weighted by Crippen LogP contribution is -2.13. The Labute approximate surface area is 151 Å². The van der Waals surface area contributed by atoms with Gasteiger partial charge in [-0.15, -0.1) is 0 Å². The van der Waals surface area contributed by atoms with E-state index in [9.17, 15) is 20.2 Å². The number of hydrogen-bond donors (Lipinski definition) is 1. The van der Waals surface area contributed by atoms with E-state index in [-0.39, 0.29) is 22.4 Å². The first-order valence-electron chi connectivity index (χ1n) is 7.99. The van der Waals surface area contributed by atoms with Crippen LogP contribution in [0.25, 0.3) is 6.08 Å². The Morgan fingerprint density at radius 3 is 2.38 bits per heavy atom. The van der Waals surface area contributed by atoms with Crippen LogP contribution in [0.4, 0.5) is 11.4 Å². The Morgan fingerprint density at radius 1 is 1.19 bits per heavy atom. The minimum atomic E-state index is -0.618. The van der Waals surface area contributed by atoms with Crippen molar-refractivity contribution in [2.45, 2.75) is 26.2 Å². The maximum Gasteiger partial charge on any atom is 0.271 e. The molecule has 6 heteroatoms. The quantitative estimate of drug-likeness (QED) is 0.382. The highest BCUT2D eigenvalue weighted by atomic mass is 16.6. The van der Waals surface area contributed by atoms with E-state index in [0.29, 0.717) is 0 Å². The molecule has 0 saturated heterocycles. The molecule has 0 aromatic heterocycles. The van der Waals surface area contributed by atoms with E-state index in [1.165, 1.54) is 30.3 Å². The minimum absolute atomic E-state index is 0.0136. The molecule has 1 amide bonds. The lowest BCUT2D eigenvalue weighted by atomic mass is 9.86. The number of amides is 1. The van der Waals surface area contributed by atoms with Gasteiger partial charge in [-0.05, 0) is 28.7 Å². The van der Waals surface area contributed by atoms with Crippen molar-refractivity contribution in [3.05, 3.63) is 75.3 Å². The molecule has 0 spiro atoms. The van der Waals surface area contributed by atoms with Crippen LogP contribution in [0.2, 0.25) is 0 Å². The van der Waals surface area contributed by atoms with Crippen LogP contribution in [-0.2, 0) is 10.2 Å². The molecule has 0 heterocycles. The summed E-state index contributed by atoms with van der Waals surface area (Å²) in [6.45, 7) is 6.31. The topological polar surface area (TPSA) is 96.0 Å². The highest BCUT2D eigenvalue weighted by molar-refractivity contribution is 6.09. The Morgan fingerprint density at radius 2 is 1.85 bits per heavy atom. The van der Waals surface area contributed by atoms with Gasteiger partial charge in [0.15, 0.2) is 0 Å². The predicted molar refractivity (Wildman–Crippen MR) is 100 cm³/mol. The van der Waals surface area contributed by atoms with Gasteiger partial charge in [0.2, 0.25) is 0 Å². The fourth-order valence-corrected chi connectivity index (χ4v) is 2.29. The van der Waals surface area contributed by atoms with E-state index in [2.05, 4.69) is 26.1 Å². The number of nitriles is 1. The first kappa shape index (κ1) is 18.9. The normalized spacial score (nSPS) is 11.5. The molecule has 0 fully saturated rings. The van der Waals surface area contributed by atoms with Gasteiger partial charge in [-0.25, -0.2) is 0 Å². The lowest BCUT2D eigenvalue weighted by molar-refractivity contribution is -0.384. The molecular formula is C20H19N3O3. The Bertz CT molecular complexity index is 901. The zero-order valence-electron chi connectivity index (χ0n) is 14.8. The fraction of sp³-hybridized carbons (Fsp3) is 0.200. The van der Waals surface area contributed by atoms with E-state index >= 15 is 0 Å². The number of carbonyl (C=O) groups is 1. The molecule has 2 rings (SSSR count). The van der Waals surface area contributed by atoms with Gasteiger partial charge in [-0.3, -0.25) is 14.9 Å². The Balaban J connectivity index is 2.21. The molecule has 2 aromatic carbocycles. The van der Waals surface area contributed by atoms with Crippen molar-refractivity contribution in [1.82, 2.24) is 0 Å². The van der Waals surface area contributed by atoms with E-state index in [4.69, 9.17) is 0 Å². The molecule has 132 valence electrons. The molecule has 1 N–H and O–H groups in total. The van der Waals surface area contributed by atoms with Crippen molar-refractivity contribution in [2.24, 2.45) is 0 Å². The van der Waals surface area contributed by atoms with E-state index in [1.54, 1.807) is 0 Å². The predicted octanol–water partition coefficient (Wildman–Crippen LogP) is 4.44. The molecule has 26 heavy (non-hydrogen) atoms. The van der Waals surface area contributed by atoms with Crippen LogP contribution in [0.3, 0.4) is 0 Å². The number of rotatable bonds is 4. The summed E-state index contributed by atoms with van der Waals surface area (Å²) in [6, 6.07) is 15.0. The number of nitrogens with one attached hydrogen (secondary N) is 1. The SMILES string of the molecule is CC(C)(C)c1ccc(/C=C(\C#N)C(=O)Nc2cccc([N+](=O)[O-])c2)cc1. The van der Waals surface area contributed by atoms with Crippen molar-refractivity contribution in [3.8, 4) is 6.07 Å². The van der Waals surface area contributed by atoms with Crippen molar-refractivity contribution >= 4 is 23.4 Å². The monoisotopic (exact) mass is 349 g/mol. The summed E-state index contributed by atoms with van der Waals surface area (Å²) in [5.41, 5.74) is 1.93. The van der Waals surface area contributed by atoms with Gasteiger partial charge in [-0.2, -0.15) is 5.26 Å². The second-order valence-electron chi connectivity index (χ2n) is 6.80. The van der Waals surface area contributed by atoms with E-state index in [0.717, 1.165) is 11.1 Å². The Kier molecular flexibility index (Phi) is 5.53. The number of carbonyl (C=O) groups excluding carboxylic acids is 1. The summed E-state index contributed by atoms with van der Waals surface area (Å²) in [5.74, 6) is -0.618. The van der Waals surface area contributed by atoms with Gasteiger partial charge < -0.3 is 5.32 Å². The molecule has 0 aliphatic rings. The maximum atomic E-state index is 12.3. The molecule has 0 aliphatic heterocycles. The minimum Gasteiger partial charge on any atom is -0.321 e. The molecular weight excluding hydrogens is 330 g/mol. The van der Waals surface area contributed by atoms with Crippen molar-refractivity contribution in [1.29, 1.82) is 5.26 Å². The standard InChI is InChI=1S/C20H19N3O3/c1-20(2,3)16-9-7-14(8-10-16)11-15(13-21)19(24)22-17-5-4-6-18(12-17)23(25)26/h4-12H,1-3H3,(H,22,24)/b15-11+. The summed E-state index contributed by atoms with van der Waals surface area (Å²) >= 11 is 0. The fourth-order valence-electron chi connectivity index (χ4n) is 2.29. The van der Waals surface area contributed by atoms with Gasteiger partial charge in [0.05, 0.1) is 4.92 Å². The highest BCUT2D eigenvalue weighted by Gasteiger charge is 2.14. The number of hydrogen-bond acceptors (Lipinski definition) is 4. The number of nitro benzene ring substituents is 1. The number of anilines is 1. The molecule has 0 atom stereocenters. The van der Waals surface area contributed by atoms with Gasteiger partial charge in [0.1, 0.15) is 11.6 Å². The smallest absolute Gasteiger partial charge is 0.271 e. The molecule has 0 saturated carbocycles. The third kappa shape index (κ3) is 4.77. The van der Waals surface area contributed by atoms with Gasteiger partial charge in [0, 0.05) is 17.8 Å². The molecule has 2 aromatic rings. The zero-order chi connectivity index (χ0) is 19.3. The van der Waals surface area contributed by atoms with Crippen LogP contribution >= 0.6 is 0 Å². The Hall–Kier alpha value is -3.46. The van der Waals surface area contributed by atoms with Crippen LogP contribution in [0.5, 0.6) is 0 Å². The summed E-state index contributed by atoms with van der Waals surface area (Å²) in [4.78, 5) is 22.5. The second-order valence-corrected chi connectivity index (χ2v) is 6.80. The summed E-state index contributed by atoms with van der Waals surface area (Å²) in [5, 5.41) is 22.6. The average molecular weight is 349 g/mol. The first-order chi connectivity index (χ1) is 12.2. The lowest BCUT2D eigenvalue weighted by Gasteiger charge is -2.18. The van der Waals surface area contributed by atoms with Crippen LogP contribution in [0.1, 0.15) is 31.9 Å². The highest BCUT2D eigenvalue weighted by Crippen LogP contribution is 2.23. The van der Waals surface area contributed by atoms with Crippen LogP contribution < -0.4 is 5.32 Å². The van der Waals surface area contributed by atoms with E-state index < -0.39 is 10.8 Å². The number of benzene rings is 2. The molecule has 0 radical (unpaired) electrons. The summed E-state index contributed by atoms with van der Waals surface area (Å²) in [7, 11) is 0. The third-order valence-electron chi connectivity index (χ3n) is 3.77. The largest absolute Gasteiger partial charge is 0.321 e. The number of non-ortho nitro benzene ring substituents is 1. The van der Waals surface area contributed by atoms with Gasteiger partial charge in [-0.1, -0.05) is 51.1 Å². The summed E-state index contributed by atoms with van der Waals surface area (Å²) < 4.78 is 0. The first-order valence-corrected chi connectivity index (χ1v) is 7.99. The third-order valence-corrected chi connectivity index (χ3v) is 3.77.